The van der Waals surface area contributed by atoms with Crippen LogP contribution in [-0.4, -0.2) is 27.5 Å². The minimum absolute atomic E-state index is 0.114. The molecule has 1 aromatic rings. The third-order valence-electron chi connectivity index (χ3n) is 2.56. The van der Waals surface area contributed by atoms with Gasteiger partial charge >= 0.3 is 0 Å². The molecule has 0 aliphatic heterocycles. The Labute approximate surface area is 112 Å². The third-order valence-corrected chi connectivity index (χ3v) is 2.92. The van der Waals surface area contributed by atoms with E-state index in [-0.39, 0.29) is 10.6 Å². The summed E-state index contributed by atoms with van der Waals surface area (Å²) in [5.74, 6) is 0.420. The summed E-state index contributed by atoms with van der Waals surface area (Å²) < 4.78 is 1.29. The highest BCUT2D eigenvalue weighted by molar-refractivity contribution is 6.32. The van der Waals surface area contributed by atoms with Crippen molar-refractivity contribution < 1.29 is 5.11 Å². The van der Waals surface area contributed by atoms with Crippen LogP contribution in [0.2, 0.25) is 5.02 Å². The molecule has 2 N–H and O–H groups in total. The van der Waals surface area contributed by atoms with Gasteiger partial charge in [-0.3, -0.25) is 4.79 Å². The van der Waals surface area contributed by atoms with Gasteiger partial charge < -0.3 is 10.4 Å². The predicted octanol–water partition coefficient (Wildman–Crippen LogP) is 1.74. The number of rotatable bonds is 6. The molecule has 1 aromatic heterocycles. The van der Waals surface area contributed by atoms with Gasteiger partial charge in [0.2, 0.25) is 0 Å². The average Bonchev–Trinajstić information content (AvgIpc) is 2.30. The first-order valence-electron chi connectivity index (χ1n) is 6.13. The SMILES string of the molecule is CCn1ncc(NCC(O)CC(C)C)c(Cl)c1=O. The average molecular weight is 274 g/mol. The molecule has 0 bridgehead atoms. The van der Waals surface area contributed by atoms with Crippen molar-refractivity contribution in [2.45, 2.75) is 39.8 Å². The van der Waals surface area contributed by atoms with Gasteiger partial charge in [0, 0.05) is 13.1 Å². The molecule has 1 atom stereocenters. The van der Waals surface area contributed by atoms with Gasteiger partial charge in [0.15, 0.2) is 0 Å². The van der Waals surface area contributed by atoms with Gasteiger partial charge in [-0.2, -0.15) is 5.10 Å². The summed E-state index contributed by atoms with van der Waals surface area (Å²) >= 11 is 5.95. The molecule has 0 aliphatic carbocycles. The number of aryl methyl sites for hydroxylation is 1. The molecule has 0 amide bonds. The van der Waals surface area contributed by atoms with Gasteiger partial charge in [-0.25, -0.2) is 4.68 Å². The number of halogens is 1. The van der Waals surface area contributed by atoms with Gasteiger partial charge in [0.05, 0.1) is 18.0 Å². The van der Waals surface area contributed by atoms with Crippen LogP contribution in [-0.2, 0) is 6.54 Å². The first-order chi connectivity index (χ1) is 8.45. The minimum atomic E-state index is -0.463. The van der Waals surface area contributed by atoms with E-state index >= 15 is 0 Å². The lowest BCUT2D eigenvalue weighted by Crippen LogP contribution is -2.26. The number of hydrogen-bond acceptors (Lipinski definition) is 4. The molecule has 18 heavy (non-hydrogen) atoms. The first kappa shape index (κ1) is 15.0. The number of anilines is 1. The molecule has 0 saturated heterocycles. The summed E-state index contributed by atoms with van der Waals surface area (Å²) in [7, 11) is 0. The highest BCUT2D eigenvalue weighted by Crippen LogP contribution is 2.15. The summed E-state index contributed by atoms with van der Waals surface area (Å²) in [6.45, 7) is 6.74. The van der Waals surface area contributed by atoms with Crippen LogP contribution in [0.15, 0.2) is 11.0 Å². The second-order valence-corrected chi connectivity index (χ2v) is 5.04. The molecule has 6 heteroatoms. The molecular weight excluding hydrogens is 254 g/mol. The van der Waals surface area contributed by atoms with Crippen molar-refractivity contribution in [3.63, 3.8) is 0 Å². The van der Waals surface area contributed by atoms with Gasteiger partial charge in [-0.1, -0.05) is 25.4 Å². The van der Waals surface area contributed by atoms with Crippen molar-refractivity contribution >= 4 is 17.3 Å². The fourth-order valence-electron chi connectivity index (χ4n) is 1.67. The number of hydrogen-bond donors (Lipinski definition) is 2. The van der Waals surface area contributed by atoms with E-state index in [0.29, 0.717) is 31.1 Å². The molecule has 102 valence electrons. The zero-order valence-electron chi connectivity index (χ0n) is 11.0. The van der Waals surface area contributed by atoms with E-state index in [1.807, 2.05) is 20.8 Å². The smallest absolute Gasteiger partial charge is 0.287 e. The van der Waals surface area contributed by atoms with Crippen LogP contribution in [0, 0.1) is 5.92 Å². The topological polar surface area (TPSA) is 67.2 Å². The number of nitrogens with zero attached hydrogens (tertiary/aromatic N) is 2. The van der Waals surface area contributed by atoms with E-state index in [9.17, 15) is 9.90 Å². The monoisotopic (exact) mass is 273 g/mol. The van der Waals surface area contributed by atoms with Crippen molar-refractivity contribution in [1.29, 1.82) is 0 Å². The lowest BCUT2D eigenvalue weighted by atomic mass is 10.1. The van der Waals surface area contributed by atoms with Crippen LogP contribution in [0.3, 0.4) is 0 Å². The maximum atomic E-state index is 11.7. The fourth-order valence-corrected chi connectivity index (χ4v) is 1.88. The second kappa shape index (κ2) is 6.75. The Bertz CT molecular complexity index is 445. The molecule has 1 rings (SSSR count). The maximum Gasteiger partial charge on any atom is 0.287 e. The Kier molecular flexibility index (Phi) is 5.62. The number of nitrogens with one attached hydrogen (secondary N) is 1. The summed E-state index contributed by atoms with van der Waals surface area (Å²) in [4.78, 5) is 11.7. The Hall–Kier alpha value is -1.07. The molecule has 1 unspecified atom stereocenters. The Morgan fingerprint density at radius 3 is 2.78 bits per heavy atom. The van der Waals surface area contributed by atoms with E-state index < -0.39 is 6.10 Å². The number of aliphatic hydroxyl groups excluding tert-OH is 1. The van der Waals surface area contributed by atoms with Crippen molar-refractivity contribution in [3.05, 3.63) is 21.6 Å². The summed E-state index contributed by atoms with van der Waals surface area (Å²) in [6, 6.07) is 0. The number of aliphatic hydroxyl groups is 1. The quantitative estimate of drug-likeness (QED) is 0.828. The van der Waals surface area contributed by atoms with Crippen LogP contribution in [0.4, 0.5) is 5.69 Å². The molecule has 0 fully saturated rings. The zero-order chi connectivity index (χ0) is 13.7. The highest BCUT2D eigenvalue weighted by Gasteiger charge is 2.11. The Balaban J connectivity index is 2.69. The van der Waals surface area contributed by atoms with Crippen molar-refractivity contribution in [2.24, 2.45) is 5.92 Å². The molecule has 0 saturated carbocycles. The summed E-state index contributed by atoms with van der Waals surface area (Å²) in [6.07, 6.45) is 1.74. The van der Waals surface area contributed by atoms with E-state index in [0.717, 1.165) is 0 Å². The van der Waals surface area contributed by atoms with Gasteiger partial charge in [0.1, 0.15) is 5.02 Å². The molecular formula is C12H20ClN3O2. The van der Waals surface area contributed by atoms with Crippen molar-refractivity contribution in [2.75, 3.05) is 11.9 Å². The van der Waals surface area contributed by atoms with Crippen molar-refractivity contribution in [3.8, 4) is 0 Å². The Morgan fingerprint density at radius 1 is 1.56 bits per heavy atom. The fraction of sp³-hybridized carbons (Fsp3) is 0.667. The van der Waals surface area contributed by atoms with Crippen molar-refractivity contribution in [1.82, 2.24) is 9.78 Å². The third kappa shape index (κ3) is 3.99. The minimum Gasteiger partial charge on any atom is -0.391 e. The summed E-state index contributed by atoms with van der Waals surface area (Å²) in [5, 5.41) is 16.8. The van der Waals surface area contributed by atoms with Crippen LogP contribution in [0.1, 0.15) is 27.2 Å². The second-order valence-electron chi connectivity index (χ2n) is 4.66. The normalized spacial score (nSPS) is 12.8. The van der Waals surface area contributed by atoms with Gasteiger partial charge in [-0.15, -0.1) is 0 Å². The van der Waals surface area contributed by atoms with E-state index in [2.05, 4.69) is 10.4 Å². The largest absolute Gasteiger partial charge is 0.391 e. The van der Waals surface area contributed by atoms with Crippen LogP contribution in [0.25, 0.3) is 0 Å². The molecule has 0 spiro atoms. The van der Waals surface area contributed by atoms with Crippen LogP contribution >= 0.6 is 11.6 Å². The highest BCUT2D eigenvalue weighted by atomic mass is 35.5. The van der Waals surface area contributed by atoms with Gasteiger partial charge in [-0.05, 0) is 19.3 Å². The lowest BCUT2D eigenvalue weighted by Gasteiger charge is -2.15. The van der Waals surface area contributed by atoms with Crippen LogP contribution in [0.5, 0.6) is 0 Å². The first-order valence-corrected chi connectivity index (χ1v) is 6.51. The van der Waals surface area contributed by atoms with E-state index in [1.54, 1.807) is 0 Å². The standard InChI is InChI=1S/C12H20ClN3O2/c1-4-16-12(18)11(13)10(7-15-16)14-6-9(17)5-8(2)3/h7-9,14,17H,4-6H2,1-3H3. The van der Waals surface area contributed by atoms with Gasteiger partial charge in [0.25, 0.3) is 5.56 Å². The summed E-state index contributed by atoms with van der Waals surface area (Å²) in [5.41, 5.74) is 0.150. The van der Waals surface area contributed by atoms with Crippen LogP contribution < -0.4 is 10.9 Å². The maximum absolute atomic E-state index is 11.7. The zero-order valence-corrected chi connectivity index (χ0v) is 11.7. The molecule has 1 heterocycles. The number of aromatic nitrogens is 2. The lowest BCUT2D eigenvalue weighted by molar-refractivity contribution is 0.161. The molecule has 0 radical (unpaired) electrons. The van der Waals surface area contributed by atoms with E-state index in [4.69, 9.17) is 11.6 Å². The molecule has 0 aliphatic rings. The van der Waals surface area contributed by atoms with E-state index in [1.165, 1.54) is 10.9 Å². The predicted molar refractivity (Wildman–Crippen MR) is 73.1 cm³/mol. The molecule has 5 nitrogen and oxygen atoms in total. The molecule has 0 aromatic carbocycles. The Morgan fingerprint density at radius 2 is 2.22 bits per heavy atom.